The molecule has 1 heterocycles. The third-order valence-electron chi connectivity index (χ3n) is 3.95. The first kappa shape index (κ1) is 17.3. The van der Waals surface area contributed by atoms with Crippen LogP contribution < -0.4 is 5.14 Å². The fraction of sp³-hybridized carbons (Fsp3) is 0.167. The van der Waals surface area contributed by atoms with Gasteiger partial charge in [-0.05, 0) is 44.2 Å². The standard InChI is InChI=1S/C18H16FNO4S/c1-18(2)17(21)15(13-5-3-4-6-14(13)19)16(24-18)11-7-9-12(10-8-11)25(20,22)23/h3-10H,1-2H3,(H2,20,22,23). The number of sulfonamides is 1. The summed E-state index contributed by atoms with van der Waals surface area (Å²) in [4.78, 5) is 12.7. The summed E-state index contributed by atoms with van der Waals surface area (Å²) in [7, 11) is -3.83. The summed E-state index contributed by atoms with van der Waals surface area (Å²) in [5, 5.41) is 5.09. The van der Waals surface area contributed by atoms with Crippen LogP contribution in [0.2, 0.25) is 0 Å². The number of Topliss-reactive ketones (excluding diaryl/α,β-unsaturated/α-hetero) is 1. The van der Waals surface area contributed by atoms with Gasteiger partial charge in [-0.1, -0.05) is 18.2 Å². The Morgan fingerprint density at radius 2 is 1.64 bits per heavy atom. The van der Waals surface area contributed by atoms with Crippen LogP contribution in [0.3, 0.4) is 0 Å². The van der Waals surface area contributed by atoms with Gasteiger partial charge in [-0.2, -0.15) is 0 Å². The van der Waals surface area contributed by atoms with Crippen molar-refractivity contribution < 1.29 is 22.3 Å². The fourth-order valence-corrected chi connectivity index (χ4v) is 3.18. The Morgan fingerprint density at radius 1 is 1.04 bits per heavy atom. The van der Waals surface area contributed by atoms with Crippen LogP contribution in [0.1, 0.15) is 25.0 Å². The minimum atomic E-state index is -3.83. The average molecular weight is 361 g/mol. The van der Waals surface area contributed by atoms with Crippen molar-refractivity contribution in [3.63, 3.8) is 0 Å². The molecule has 1 aliphatic rings. The molecule has 2 aromatic rings. The Kier molecular flexibility index (Phi) is 4.01. The summed E-state index contributed by atoms with van der Waals surface area (Å²) in [5.41, 5.74) is -0.411. The Balaban J connectivity index is 2.19. The average Bonchev–Trinajstić information content (AvgIpc) is 2.78. The van der Waals surface area contributed by atoms with Crippen LogP contribution in [0.25, 0.3) is 11.3 Å². The molecule has 5 nitrogen and oxygen atoms in total. The Bertz CT molecular complexity index is 992. The number of halogens is 1. The molecule has 0 fully saturated rings. The summed E-state index contributed by atoms with van der Waals surface area (Å²) in [5.74, 6) is -0.671. The minimum absolute atomic E-state index is 0.0622. The zero-order chi connectivity index (χ0) is 18.4. The maximum atomic E-state index is 14.2. The minimum Gasteiger partial charge on any atom is -0.478 e. The number of ketones is 1. The van der Waals surface area contributed by atoms with Gasteiger partial charge in [-0.15, -0.1) is 0 Å². The zero-order valence-corrected chi connectivity index (χ0v) is 14.4. The number of primary sulfonamides is 1. The molecule has 3 rings (SSSR count). The number of hydrogen-bond acceptors (Lipinski definition) is 4. The maximum absolute atomic E-state index is 14.2. The molecule has 0 saturated heterocycles. The van der Waals surface area contributed by atoms with Gasteiger partial charge in [0.05, 0.1) is 10.5 Å². The highest BCUT2D eigenvalue weighted by Crippen LogP contribution is 2.41. The fourth-order valence-electron chi connectivity index (χ4n) is 2.66. The number of benzene rings is 2. The largest absolute Gasteiger partial charge is 0.478 e. The summed E-state index contributed by atoms with van der Waals surface area (Å²) < 4.78 is 42.8. The van der Waals surface area contributed by atoms with E-state index in [0.717, 1.165) is 0 Å². The van der Waals surface area contributed by atoms with Crippen LogP contribution in [-0.2, 0) is 19.6 Å². The summed E-state index contributed by atoms with van der Waals surface area (Å²) in [6.07, 6.45) is 0. The lowest BCUT2D eigenvalue weighted by Gasteiger charge is -2.17. The number of carbonyl (C=O) groups is 1. The van der Waals surface area contributed by atoms with Crippen molar-refractivity contribution in [2.45, 2.75) is 24.3 Å². The predicted octanol–water partition coefficient (Wildman–Crippen LogP) is 2.72. The normalized spacial score (nSPS) is 16.9. The molecule has 0 aliphatic carbocycles. The molecule has 0 radical (unpaired) electrons. The Morgan fingerprint density at radius 3 is 2.20 bits per heavy atom. The summed E-state index contributed by atoms with van der Waals surface area (Å²) >= 11 is 0. The van der Waals surface area contributed by atoms with Crippen LogP contribution in [0.15, 0.2) is 53.4 Å². The molecule has 7 heteroatoms. The van der Waals surface area contributed by atoms with Gasteiger partial charge in [-0.3, -0.25) is 4.79 Å². The van der Waals surface area contributed by atoms with Gasteiger partial charge in [0.25, 0.3) is 0 Å². The second-order valence-electron chi connectivity index (χ2n) is 6.19. The lowest BCUT2D eigenvalue weighted by molar-refractivity contribution is -0.125. The van der Waals surface area contributed by atoms with E-state index < -0.39 is 21.4 Å². The molecule has 0 saturated carbocycles. The maximum Gasteiger partial charge on any atom is 0.238 e. The van der Waals surface area contributed by atoms with Crippen LogP contribution in [0, 0.1) is 5.82 Å². The second-order valence-corrected chi connectivity index (χ2v) is 7.76. The van der Waals surface area contributed by atoms with Crippen molar-refractivity contribution >= 4 is 27.1 Å². The number of ether oxygens (including phenoxy) is 1. The van der Waals surface area contributed by atoms with E-state index in [-0.39, 0.29) is 27.6 Å². The van der Waals surface area contributed by atoms with Gasteiger partial charge in [0, 0.05) is 11.1 Å². The second kappa shape index (κ2) is 5.79. The molecular weight excluding hydrogens is 345 g/mol. The third-order valence-corrected chi connectivity index (χ3v) is 4.88. The molecule has 2 N–H and O–H groups in total. The molecular formula is C18H16FNO4S. The molecule has 25 heavy (non-hydrogen) atoms. The summed E-state index contributed by atoms with van der Waals surface area (Å²) in [6, 6.07) is 11.5. The van der Waals surface area contributed by atoms with Crippen LogP contribution in [0.4, 0.5) is 4.39 Å². The molecule has 0 amide bonds. The topological polar surface area (TPSA) is 86.5 Å². The van der Waals surface area contributed by atoms with Crippen LogP contribution >= 0.6 is 0 Å². The summed E-state index contributed by atoms with van der Waals surface area (Å²) in [6.45, 7) is 3.20. The molecule has 130 valence electrons. The van der Waals surface area contributed by atoms with E-state index in [2.05, 4.69) is 0 Å². The van der Waals surface area contributed by atoms with Crippen molar-refractivity contribution in [2.75, 3.05) is 0 Å². The van der Waals surface area contributed by atoms with Crippen molar-refractivity contribution in [3.8, 4) is 0 Å². The lowest BCUT2D eigenvalue weighted by atomic mass is 9.92. The Labute approximate surface area is 145 Å². The number of carbonyl (C=O) groups excluding carboxylic acids is 1. The smallest absolute Gasteiger partial charge is 0.238 e. The molecule has 0 unspecified atom stereocenters. The van der Waals surface area contributed by atoms with Crippen molar-refractivity contribution in [3.05, 3.63) is 65.5 Å². The molecule has 0 bridgehead atoms. The molecule has 0 aromatic heterocycles. The van der Waals surface area contributed by atoms with Crippen molar-refractivity contribution in [1.82, 2.24) is 0 Å². The van der Waals surface area contributed by atoms with Gasteiger partial charge in [-0.25, -0.2) is 17.9 Å². The van der Waals surface area contributed by atoms with E-state index >= 15 is 0 Å². The van der Waals surface area contributed by atoms with E-state index in [4.69, 9.17) is 9.88 Å². The SMILES string of the molecule is CC1(C)OC(c2ccc(S(N)(=O)=O)cc2)=C(c2ccccc2F)C1=O. The zero-order valence-electron chi connectivity index (χ0n) is 13.6. The molecule has 2 aromatic carbocycles. The van der Waals surface area contributed by atoms with E-state index in [9.17, 15) is 17.6 Å². The molecule has 1 aliphatic heterocycles. The quantitative estimate of drug-likeness (QED) is 0.911. The van der Waals surface area contributed by atoms with Crippen LogP contribution in [0.5, 0.6) is 0 Å². The molecule has 0 spiro atoms. The number of nitrogens with two attached hydrogens (primary N) is 1. The van der Waals surface area contributed by atoms with Gasteiger partial charge < -0.3 is 4.74 Å². The number of rotatable bonds is 3. The van der Waals surface area contributed by atoms with E-state index in [1.807, 2.05) is 0 Å². The lowest BCUT2D eigenvalue weighted by Crippen LogP contribution is -2.29. The van der Waals surface area contributed by atoms with E-state index in [1.54, 1.807) is 19.9 Å². The van der Waals surface area contributed by atoms with Gasteiger partial charge in [0.15, 0.2) is 5.60 Å². The van der Waals surface area contributed by atoms with E-state index in [1.165, 1.54) is 42.5 Å². The van der Waals surface area contributed by atoms with Crippen molar-refractivity contribution in [2.24, 2.45) is 5.14 Å². The number of hydrogen-bond donors (Lipinski definition) is 1. The Hall–Kier alpha value is -2.51. The molecule has 0 atom stereocenters. The van der Waals surface area contributed by atoms with Crippen molar-refractivity contribution in [1.29, 1.82) is 0 Å². The van der Waals surface area contributed by atoms with Crippen LogP contribution in [-0.4, -0.2) is 19.8 Å². The first-order valence-corrected chi connectivity index (χ1v) is 9.02. The highest BCUT2D eigenvalue weighted by Gasteiger charge is 2.43. The highest BCUT2D eigenvalue weighted by molar-refractivity contribution is 7.89. The van der Waals surface area contributed by atoms with Gasteiger partial charge >= 0.3 is 0 Å². The van der Waals surface area contributed by atoms with Gasteiger partial charge in [0.2, 0.25) is 15.8 Å². The van der Waals surface area contributed by atoms with Gasteiger partial charge in [0.1, 0.15) is 11.6 Å². The highest BCUT2D eigenvalue weighted by atomic mass is 32.2. The first-order valence-electron chi connectivity index (χ1n) is 7.47. The first-order chi connectivity index (χ1) is 11.6. The predicted molar refractivity (Wildman–Crippen MR) is 91.2 cm³/mol. The van der Waals surface area contributed by atoms with E-state index in [0.29, 0.717) is 5.56 Å². The monoisotopic (exact) mass is 361 g/mol. The third kappa shape index (κ3) is 3.08.